The maximum Gasteiger partial charge on any atom is 0.227 e. The van der Waals surface area contributed by atoms with E-state index in [9.17, 15) is 9.59 Å². The molecule has 0 spiro atoms. The van der Waals surface area contributed by atoms with Crippen LogP contribution in [0.25, 0.3) is 0 Å². The molecule has 0 atom stereocenters. The predicted octanol–water partition coefficient (Wildman–Crippen LogP) is 0.292. The second-order valence-electron chi connectivity index (χ2n) is 5.69. The second kappa shape index (κ2) is 8.56. The van der Waals surface area contributed by atoms with Gasteiger partial charge in [-0.2, -0.15) is 0 Å². The van der Waals surface area contributed by atoms with Gasteiger partial charge < -0.3 is 20.7 Å². The summed E-state index contributed by atoms with van der Waals surface area (Å²) in [7, 11) is 0. The Hall–Kier alpha value is -0.850. The summed E-state index contributed by atoms with van der Waals surface area (Å²) in [6.07, 6.45) is 4.22. The zero-order valence-corrected chi connectivity index (χ0v) is 13.3. The van der Waals surface area contributed by atoms with Gasteiger partial charge in [-0.1, -0.05) is 12.8 Å². The number of carbonyl (C=O) groups excluding carboxylic acids is 2. The molecule has 2 amide bonds. The summed E-state index contributed by atoms with van der Waals surface area (Å²) < 4.78 is 5.21. The maximum absolute atomic E-state index is 12.2. The van der Waals surface area contributed by atoms with E-state index in [0.717, 1.165) is 25.7 Å². The van der Waals surface area contributed by atoms with Crippen LogP contribution in [-0.2, 0) is 14.3 Å². The van der Waals surface area contributed by atoms with E-state index in [1.54, 1.807) is 4.90 Å². The van der Waals surface area contributed by atoms with Crippen molar-refractivity contribution in [3.8, 4) is 0 Å². The van der Waals surface area contributed by atoms with Gasteiger partial charge in [-0.05, 0) is 12.8 Å². The Kier molecular flexibility index (Phi) is 7.42. The average molecular weight is 320 g/mol. The van der Waals surface area contributed by atoms with E-state index in [2.05, 4.69) is 5.32 Å². The van der Waals surface area contributed by atoms with Gasteiger partial charge in [0.25, 0.3) is 0 Å². The van der Waals surface area contributed by atoms with Crippen molar-refractivity contribution in [3.05, 3.63) is 0 Å². The van der Waals surface area contributed by atoms with Crippen LogP contribution in [0.4, 0.5) is 0 Å². The van der Waals surface area contributed by atoms with Crippen LogP contribution < -0.4 is 11.1 Å². The fourth-order valence-electron chi connectivity index (χ4n) is 3.02. The second-order valence-corrected chi connectivity index (χ2v) is 5.69. The lowest BCUT2D eigenvalue weighted by molar-refractivity contribution is -0.135. The number of hydrogen-bond donors (Lipinski definition) is 2. The number of nitrogens with one attached hydrogen (secondary N) is 1. The smallest absolute Gasteiger partial charge is 0.227 e. The van der Waals surface area contributed by atoms with Gasteiger partial charge in [-0.15, -0.1) is 12.4 Å². The highest BCUT2D eigenvalue weighted by Gasteiger charge is 2.39. The van der Waals surface area contributed by atoms with Gasteiger partial charge in [0.15, 0.2) is 0 Å². The Labute approximate surface area is 132 Å². The fourth-order valence-corrected chi connectivity index (χ4v) is 3.02. The normalized spacial score (nSPS) is 20.7. The Balaban J connectivity index is 0.00000220. The molecule has 1 saturated heterocycles. The summed E-state index contributed by atoms with van der Waals surface area (Å²) in [5.41, 5.74) is 5.38. The molecule has 0 aromatic heterocycles. The highest BCUT2D eigenvalue weighted by Crippen LogP contribution is 2.37. The topological polar surface area (TPSA) is 84.7 Å². The minimum absolute atomic E-state index is 0. The summed E-state index contributed by atoms with van der Waals surface area (Å²) in [4.78, 5) is 26.0. The average Bonchev–Trinajstić information content (AvgIpc) is 2.98. The Morgan fingerprint density at radius 2 is 1.81 bits per heavy atom. The lowest BCUT2D eigenvalue weighted by atomic mass is 9.85. The van der Waals surface area contributed by atoms with E-state index in [0.29, 0.717) is 45.8 Å². The van der Waals surface area contributed by atoms with Crippen LogP contribution in [0.3, 0.4) is 0 Å². The highest BCUT2D eigenvalue weighted by atomic mass is 35.5. The van der Waals surface area contributed by atoms with Crippen molar-refractivity contribution in [1.29, 1.82) is 0 Å². The van der Waals surface area contributed by atoms with E-state index >= 15 is 0 Å². The molecule has 1 saturated carbocycles. The first-order chi connectivity index (χ1) is 9.68. The molecular formula is C14H26ClN3O3. The van der Waals surface area contributed by atoms with Crippen LogP contribution in [0.2, 0.25) is 0 Å². The molecule has 2 fully saturated rings. The number of morpholine rings is 1. The molecule has 0 radical (unpaired) electrons. The first-order valence-electron chi connectivity index (χ1n) is 7.52. The molecule has 0 bridgehead atoms. The summed E-state index contributed by atoms with van der Waals surface area (Å²) in [5, 5.41) is 2.89. The van der Waals surface area contributed by atoms with E-state index < -0.39 is 0 Å². The molecule has 1 aliphatic heterocycles. The van der Waals surface area contributed by atoms with Crippen molar-refractivity contribution >= 4 is 24.2 Å². The standard InChI is InChI=1S/C14H25N3O3.ClH/c15-11-14(4-1-2-5-14)13(19)16-6-3-12(18)17-7-9-20-10-8-17;/h1-11,15H2,(H,16,19);1H. The zero-order valence-electron chi connectivity index (χ0n) is 12.4. The van der Waals surface area contributed by atoms with Crippen LogP contribution in [0.1, 0.15) is 32.1 Å². The molecule has 0 aromatic carbocycles. The summed E-state index contributed by atoms with van der Waals surface area (Å²) in [6.45, 7) is 3.31. The van der Waals surface area contributed by atoms with Gasteiger partial charge in [0, 0.05) is 32.6 Å². The Morgan fingerprint density at radius 3 is 2.38 bits per heavy atom. The number of carbonyl (C=O) groups is 2. The van der Waals surface area contributed by atoms with Gasteiger partial charge in [0.1, 0.15) is 0 Å². The monoisotopic (exact) mass is 319 g/mol. The van der Waals surface area contributed by atoms with Crippen molar-refractivity contribution in [3.63, 3.8) is 0 Å². The number of hydrogen-bond acceptors (Lipinski definition) is 4. The van der Waals surface area contributed by atoms with E-state index in [4.69, 9.17) is 10.5 Å². The third-order valence-electron chi connectivity index (χ3n) is 4.42. The van der Waals surface area contributed by atoms with E-state index in [1.807, 2.05) is 0 Å². The van der Waals surface area contributed by atoms with Gasteiger partial charge in [-0.3, -0.25) is 9.59 Å². The predicted molar refractivity (Wildman–Crippen MR) is 82.2 cm³/mol. The molecule has 1 heterocycles. The number of ether oxygens (including phenoxy) is 1. The molecule has 1 aliphatic carbocycles. The lowest BCUT2D eigenvalue weighted by Gasteiger charge is -2.28. The Bertz CT molecular complexity index is 353. The lowest BCUT2D eigenvalue weighted by Crippen LogP contribution is -2.46. The Morgan fingerprint density at radius 1 is 1.19 bits per heavy atom. The summed E-state index contributed by atoms with van der Waals surface area (Å²) >= 11 is 0. The SMILES string of the molecule is Cl.NCC1(C(=O)NCCC(=O)N2CCOCC2)CCCC1. The number of rotatable bonds is 5. The van der Waals surface area contributed by atoms with Crippen molar-refractivity contribution in [1.82, 2.24) is 10.2 Å². The quantitative estimate of drug-likeness (QED) is 0.763. The third-order valence-corrected chi connectivity index (χ3v) is 4.42. The number of amides is 2. The number of halogens is 1. The molecule has 21 heavy (non-hydrogen) atoms. The van der Waals surface area contributed by atoms with E-state index in [-0.39, 0.29) is 29.6 Å². The third kappa shape index (κ3) is 4.56. The molecule has 0 aromatic rings. The van der Waals surface area contributed by atoms with Crippen molar-refractivity contribution < 1.29 is 14.3 Å². The van der Waals surface area contributed by atoms with Crippen molar-refractivity contribution in [2.24, 2.45) is 11.1 Å². The van der Waals surface area contributed by atoms with Crippen molar-refractivity contribution in [2.45, 2.75) is 32.1 Å². The summed E-state index contributed by atoms with van der Waals surface area (Å²) in [6, 6.07) is 0. The molecule has 0 unspecified atom stereocenters. The number of nitrogens with zero attached hydrogens (tertiary/aromatic N) is 1. The highest BCUT2D eigenvalue weighted by molar-refractivity contribution is 5.85. The number of nitrogens with two attached hydrogens (primary N) is 1. The maximum atomic E-state index is 12.2. The first kappa shape index (κ1) is 18.2. The van der Waals surface area contributed by atoms with Crippen molar-refractivity contribution in [2.75, 3.05) is 39.4 Å². The minimum Gasteiger partial charge on any atom is -0.378 e. The molecular weight excluding hydrogens is 294 g/mol. The molecule has 6 nitrogen and oxygen atoms in total. The zero-order chi connectivity index (χ0) is 14.4. The van der Waals surface area contributed by atoms with Gasteiger partial charge in [0.05, 0.1) is 18.6 Å². The van der Waals surface area contributed by atoms with Gasteiger partial charge >= 0.3 is 0 Å². The largest absolute Gasteiger partial charge is 0.378 e. The molecule has 3 N–H and O–H groups in total. The molecule has 2 rings (SSSR count). The molecule has 7 heteroatoms. The minimum atomic E-state index is -0.387. The molecule has 122 valence electrons. The van der Waals surface area contributed by atoms with Crippen LogP contribution >= 0.6 is 12.4 Å². The van der Waals surface area contributed by atoms with Crippen LogP contribution in [0.15, 0.2) is 0 Å². The first-order valence-corrected chi connectivity index (χ1v) is 7.52. The van der Waals surface area contributed by atoms with Gasteiger partial charge in [-0.25, -0.2) is 0 Å². The molecule has 2 aliphatic rings. The van der Waals surface area contributed by atoms with Gasteiger partial charge in [0.2, 0.25) is 11.8 Å². The van der Waals surface area contributed by atoms with E-state index in [1.165, 1.54) is 0 Å². The fraction of sp³-hybridized carbons (Fsp3) is 0.857. The summed E-state index contributed by atoms with van der Waals surface area (Å²) in [5.74, 6) is 0.106. The van der Waals surface area contributed by atoms with Crippen LogP contribution in [0.5, 0.6) is 0 Å². The van der Waals surface area contributed by atoms with Crippen LogP contribution in [0, 0.1) is 5.41 Å². The van der Waals surface area contributed by atoms with Crippen LogP contribution in [-0.4, -0.2) is 56.1 Å².